The Bertz CT molecular complexity index is 488. The van der Waals surface area contributed by atoms with Crippen molar-refractivity contribution in [3.05, 3.63) is 16.9 Å². The van der Waals surface area contributed by atoms with Crippen LogP contribution >= 0.6 is 0 Å². The molecule has 1 rings (SSSR count). The lowest BCUT2D eigenvalue weighted by Gasteiger charge is -2.01. The molecule has 0 saturated heterocycles. The lowest BCUT2D eigenvalue weighted by atomic mass is 10.1. The number of carbonyl (C=O) groups excluding carboxylic acids is 3. The van der Waals surface area contributed by atoms with Crippen LogP contribution in [0.25, 0.3) is 0 Å². The van der Waals surface area contributed by atoms with Crippen molar-refractivity contribution in [3.63, 3.8) is 0 Å². The number of carbonyl (C=O) groups is 3. The summed E-state index contributed by atoms with van der Waals surface area (Å²) >= 11 is 0. The van der Waals surface area contributed by atoms with Gasteiger partial charge in [-0.1, -0.05) is 6.92 Å². The minimum Gasteiger partial charge on any atom is -0.444 e. The first-order chi connectivity index (χ1) is 7.88. The Morgan fingerprint density at radius 3 is 2.29 bits per heavy atom. The standard InChI is InChI=1S/C11H14N2O4/c1-4-7(15)13-11-9(10(12)16)8(5(2)14)6(3)17-11/h4H2,1-3H3,(H2,12,16)(H,13,15). The molecule has 0 spiro atoms. The number of furan rings is 1. The average Bonchev–Trinajstić information content (AvgIpc) is 2.54. The molecule has 3 N–H and O–H groups in total. The average molecular weight is 238 g/mol. The molecule has 6 nitrogen and oxygen atoms in total. The Morgan fingerprint density at radius 1 is 1.29 bits per heavy atom. The van der Waals surface area contributed by atoms with E-state index in [2.05, 4.69) is 5.32 Å². The Labute approximate surface area is 98.2 Å². The monoisotopic (exact) mass is 238 g/mol. The number of Topliss-reactive ketones (excluding diaryl/α,β-unsaturated/α-hetero) is 1. The van der Waals surface area contributed by atoms with Crippen molar-refractivity contribution in [3.8, 4) is 0 Å². The molecule has 0 unspecified atom stereocenters. The van der Waals surface area contributed by atoms with Gasteiger partial charge in [0.2, 0.25) is 11.8 Å². The second-order valence-electron chi connectivity index (χ2n) is 3.56. The molecule has 1 aromatic rings. The molecule has 0 fully saturated rings. The fourth-order valence-corrected chi connectivity index (χ4v) is 1.51. The Hall–Kier alpha value is -2.11. The van der Waals surface area contributed by atoms with Gasteiger partial charge in [-0.25, -0.2) is 0 Å². The third-order valence-electron chi connectivity index (χ3n) is 2.26. The fraction of sp³-hybridized carbons (Fsp3) is 0.364. The minimum absolute atomic E-state index is 0.0629. The maximum Gasteiger partial charge on any atom is 0.255 e. The van der Waals surface area contributed by atoms with Crippen molar-refractivity contribution in [2.75, 3.05) is 5.32 Å². The number of rotatable bonds is 4. The SMILES string of the molecule is CCC(=O)Nc1oc(C)c(C(C)=O)c1C(N)=O. The van der Waals surface area contributed by atoms with Gasteiger partial charge in [0.15, 0.2) is 5.78 Å². The first kappa shape index (κ1) is 13.0. The highest BCUT2D eigenvalue weighted by Crippen LogP contribution is 2.27. The van der Waals surface area contributed by atoms with Crippen LogP contribution in [0.15, 0.2) is 4.42 Å². The summed E-state index contributed by atoms with van der Waals surface area (Å²) in [4.78, 5) is 33.9. The predicted molar refractivity (Wildman–Crippen MR) is 60.9 cm³/mol. The Morgan fingerprint density at radius 2 is 1.88 bits per heavy atom. The molecule has 0 aromatic carbocycles. The predicted octanol–water partition coefficient (Wildman–Crippen LogP) is 1.24. The van der Waals surface area contributed by atoms with E-state index >= 15 is 0 Å². The van der Waals surface area contributed by atoms with Gasteiger partial charge in [-0.05, 0) is 13.8 Å². The summed E-state index contributed by atoms with van der Waals surface area (Å²) in [5.41, 5.74) is 5.22. The molecular formula is C11H14N2O4. The van der Waals surface area contributed by atoms with E-state index in [4.69, 9.17) is 10.2 Å². The van der Waals surface area contributed by atoms with E-state index in [-0.39, 0.29) is 40.9 Å². The number of primary amides is 1. The van der Waals surface area contributed by atoms with Crippen LogP contribution in [0.1, 0.15) is 46.7 Å². The summed E-state index contributed by atoms with van der Waals surface area (Å²) in [6.45, 7) is 4.49. The highest BCUT2D eigenvalue weighted by molar-refractivity contribution is 6.11. The number of ketones is 1. The number of aryl methyl sites for hydroxylation is 1. The third kappa shape index (κ3) is 2.52. The summed E-state index contributed by atoms with van der Waals surface area (Å²) in [7, 11) is 0. The fourth-order valence-electron chi connectivity index (χ4n) is 1.51. The van der Waals surface area contributed by atoms with E-state index in [1.54, 1.807) is 6.92 Å². The van der Waals surface area contributed by atoms with Gasteiger partial charge in [0.05, 0.1) is 5.56 Å². The molecule has 17 heavy (non-hydrogen) atoms. The van der Waals surface area contributed by atoms with Crippen LogP contribution in [-0.4, -0.2) is 17.6 Å². The first-order valence-electron chi connectivity index (χ1n) is 5.12. The number of nitrogens with one attached hydrogen (secondary N) is 1. The maximum atomic E-state index is 11.4. The van der Waals surface area contributed by atoms with E-state index in [1.165, 1.54) is 13.8 Å². The molecule has 0 aliphatic heterocycles. The van der Waals surface area contributed by atoms with E-state index in [1.807, 2.05) is 0 Å². The summed E-state index contributed by atoms with van der Waals surface area (Å²) in [5, 5.41) is 2.40. The van der Waals surface area contributed by atoms with E-state index < -0.39 is 5.91 Å². The zero-order valence-electron chi connectivity index (χ0n) is 9.92. The van der Waals surface area contributed by atoms with E-state index in [9.17, 15) is 14.4 Å². The van der Waals surface area contributed by atoms with Crippen molar-refractivity contribution in [1.29, 1.82) is 0 Å². The molecule has 0 saturated carbocycles. The number of amides is 2. The molecule has 6 heteroatoms. The highest BCUT2D eigenvalue weighted by Gasteiger charge is 2.25. The zero-order valence-corrected chi connectivity index (χ0v) is 9.92. The number of anilines is 1. The van der Waals surface area contributed by atoms with Crippen molar-refractivity contribution in [2.24, 2.45) is 5.73 Å². The van der Waals surface area contributed by atoms with Gasteiger partial charge in [0, 0.05) is 6.42 Å². The zero-order chi connectivity index (χ0) is 13.2. The Balaban J connectivity index is 3.32. The van der Waals surface area contributed by atoms with Gasteiger partial charge >= 0.3 is 0 Å². The van der Waals surface area contributed by atoms with Gasteiger partial charge in [-0.3, -0.25) is 19.7 Å². The number of hydrogen-bond donors (Lipinski definition) is 2. The van der Waals surface area contributed by atoms with Gasteiger partial charge in [0.1, 0.15) is 11.3 Å². The van der Waals surface area contributed by atoms with Crippen LogP contribution in [0, 0.1) is 6.92 Å². The van der Waals surface area contributed by atoms with Crippen molar-refractivity contribution < 1.29 is 18.8 Å². The third-order valence-corrected chi connectivity index (χ3v) is 2.26. The quantitative estimate of drug-likeness (QED) is 0.770. The molecule has 0 atom stereocenters. The Kier molecular flexibility index (Phi) is 3.67. The van der Waals surface area contributed by atoms with Crippen molar-refractivity contribution in [2.45, 2.75) is 27.2 Å². The van der Waals surface area contributed by atoms with Crippen LogP contribution in [0.4, 0.5) is 5.88 Å². The summed E-state index contributed by atoms with van der Waals surface area (Å²) in [6.07, 6.45) is 0.230. The number of hydrogen-bond acceptors (Lipinski definition) is 4. The van der Waals surface area contributed by atoms with Crippen molar-refractivity contribution >= 4 is 23.5 Å². The lowest BCUT2D eigenvalue weighted by Crippen LogP contribution is -2.18. The second-order valence-corrected chi connectivity index (χ2v) is 3.56. The van der Waals surface area contributed by atoms with Crippen LogP contribution in [0.5, 0.6) is 0 Å². The maximum absolute atomic E-state index is 11.4. The topological polar surface area (TPSA) is 102 Å². The normalized spacial score (nSPS) is 10.1. The smallest absolute Gasteiger partial charge is 0.255 e. The highest BCUT2D eigenvalue weighted by atomic mass is 16.4. The summed E-state index contributed by atoms with van der Waals surface area (Å²) < 4.78 is 5.19. The largest absolute Gasteiger partial charge is 0.444 e. The van der Waals surface area contributed by atoms with Gasteiger partial charge in [-0.2, -0.15) is 0 Å². The van der Waals surface area contributed by atoms with E-state index in [0.29, 0.717) is 0 Å². The molecule has 0 bridgehead atoms. The van der Waals surface area contributed by atoms with Crippen LogP contribution in [0.3, 0.4) is 0 Å². The van der Waals surface area contributed by atoms with Gasteiger partial charge < -0.3 is 10.2 Å². The van der Waals surface area contributed by atoms with Crippen LogP contribution in [0.2, 0.25) is 0 Å². The minimum atomic E-state index is -0.807. The molecule has 1 aromatic heterocycles. The molecule has 92 valence electrons. The summed E-state index contributed by atoms with van der Waals surface area (Å²) in [5.74, 6) is -1.27. The molecule has 0 aliphatic rings. The number of nitrogens with two attached hydrogens (primary N) is 1. The molecule has 1 heterocycles. The first-order valence-corrected chi connectivity index (χ1v) is 5.12. The van der Waals surface area contributed by atoms with Gasteiger partial charge in [-0.15, -0.1) is 0 Å². The second kappa shape index (κ2) is 4.82. The van der Waals surface area contributed by atoms with Gasteiger partial charge in [0.25, 0.3) is 5.91 Å². The van der Waals surface area contributed by atoms with Crippen molar-refractivity contribution in [1.82, 2.24) is 0 Å². The van der Waals surface area contributed by atoms with E-state index in [0.717, 1.165) is 0 Å². The lowest BCUT2D eigenvalue weighted by molar-refractivity contribution is -0.116. The van der Waals surface area contributed by atoms with Crippen LogP contribution < -0.4 is 11.1 Å². The summed E-state index contributed by atoms with van der Waals surface area (Å²) in [6, 6.07) is 0. The molecular weight excluding hydrogens is 224 g/mol. The molecule has 0 aliphatic carbocycles. The van der Waals surface area contributed by atoms with Crippen LogP contribution in [-0.2, 0) is 4.79 Å². The molecule has 0 radical (unpaired) electrons. The molecule has 2 amide bonds.